The highest BCUT2D eigenvalue weighted by molar-refractivity contribution is 5.81. The summed E-state index contributed by atoms with van der Waals surface area (Å²) < 4.78 is 101. The molecule has 44 nitrogen and oxygen atoms in total. The summed E-state index contributed by atoms with van der Waals surface area (Å²) in [5, 5.41) is 129. The molecular weight excluding hydrogens is 1810 g/mol. The van der Waals surface area contributed by atoms with Gasteiger partial charge >= 0.3 is 12.2 Å². The van der Waals surface area contributed by atoms with E-state index in [1.54, 1.807) is 50.2 Å². The Bertz CT molecular complexity index is 4250. The zero-order chi connectivity index (χ0) is 98.9. The first-order valence-electron chi connectivity index (χ1n) is 48.1. The lowest BCUT2D eigenvalue weighted by Gasteiger charge is -2.47. The van der Waals surface area contributed by atoms with E-state index in [4.69, 9.17) is 116 Å². The standard InChI is InChI=1S/C57H80N6O17.C37H66N8O13/c1-4-17-42(65)52(69)61-40-28-41(62-57(71)74-33-38-23-13-7-14-24-38)48(78-53-34(2)25-26-39(75-53)29-60-63-58)50(46(40)67)80-55-51(72-27-16-8-15-20-36-18-9-5-10-19-36)49(44(31-64)77-55)79-54-35(3)45(66)47(68)43(76-54)30-59-56(70)73-32-37-21-11-6-12-22-37;38-10-8-23(47)34(51)45-22-14-21(42)30(56-35-20(41)7-6-19(15-39)53-35)32(27(22)48)58-37-33(52-13-12-44-11-9-18-4-2-1-3-5-18)31(25(17-46)55-37)57-36-26(43)29(50)28(49)24(16-40)54-36/h5-7,9-14,18-19,21-24,34-35,39-51,53-55,64-68H,4,8,15-17,20,25-33H2,1-3H3,(H,59,70)(H,61,69)(H,62,71);1-5,19-33,35-37,44,46-50H,6-17,38-43H2,(H,45,51)/t34-,35-,39+,40-,41+,42+,43+,44-,45-,46+,47-,48-,49-,50-,51-,53-,54-,55+;19-,20+,21-,22+,23-,24-,25+,26+,27-,28+,29+,30+,31+,32+,33+,35+,36+,37-/m10/s1. The number of unbranched alkanes of at least 4 members (excludes halogenated alkanes) is 2. The van der Waals surface area contributed by atoms with Crippen molar-refractivity contribution < 1.29 is 146 Å². The van der Waals surface area contributed by atoms with Crippen molar-refractivity contribution in [2.24, 2.45) is 51.4 Å². The molecule has 772 valence electrons. The first-order valence-corrected chi connectivity index (χ1v) is 48.1. The Morgan fingerprint density at radius 1 is 0.471 bits per heavy atom. The molecule has 0 spiro atoms. The molecule has 6 saturated heterocycles. The number of nitrogens with one attached hydrogen (secondary N) is 5. The first-order chi connectivity index (χ1) is 66.7. The van der Waals surface area contributed by atoms with Gasteiger partial charge < -0.3 is 188 Å². The van der Waals surface area contributed by atoms with Crippen LogP contribution in [0.25, 0.3) is 10.4 Å². The fraction of sp³-hybridized carbons (Fsp3) is 0.702. The average Bonchev–Trinajstić information content (AvgIpc) is 1.75. The highest BCUT2D eigenvalue weighted by Gasteiger charge is 2.59. The number of hydrogen-bond acceptors (Lipinski definition) is 38. The quantitative estimate of drug-likeness (QED) is 0.0106. The minimum absolute atomic E-state index is 0.00749. The summed E-state index contributed by atoms with van der Waals surface area (Å²) >= 11 is 0. The van der Waals surface area contributed by atoms with Gasteiger partial charge in [0.1, 0.15) is 129 Å². The summed E-state index contributed by atoms with van der Waals surface area (Å²) in [4.78, 5) is 56.0. The predicted octanol–water partition coefficient (Wildman–Crippen LogP) is -1.29. The highest BCUT2D eigenvalue weighted by Crippen LogP contribution is 2.41. The highest BCUT2D eigenvalue weighted by atomic mass is 16.8. The number of aliphatic hydroxyl groups is 10. The van der Waals surface area contributed by atoms with Crippen LogP contribution in [0.15, 0.2) is 126 Å². The maximum absolute atomic E-state index is 13.8. The Labute approximate surface area is 802 Å². The van der Waals surface area contributed by atoms with Crippen molar-refractivity contribution in [3.63, 3.8) is 0 Å². The molecule has 27 N–H and O–H groups in total. The molecule has 0 bridgehead atoms. The van der Waals surface area contributed by atoms with Crippen molar-refractivity contribution in [1.82, 2.24) is 26.6 Å². The molecule has 44 heteroatoms. The molecule has 0 unspecified atom stereocenters. The molecule has 0 aromatic heterocycles. The van der Waals surface area contributed by atoms with Crippen molar-refractivity contribution in [1.29, 1.82) is 0 Å². The van der Waals surface area contributed by atoms with Gasteiger partial charge in [0.25, 0.3) is 0 Å². The first kappa shape index (κ1) is 111. The molecule has 2 aliphatic carbocycles. The Balaban J connectivity index is 0.000000278. The van der Waals surface area contributed by atoms with Gasteiger partial charge in [-0.1, -0.05) is 160 Å². The second-order valence-electron chi connectivity index (χ2n) is 36.4. The summed E-state index contributed by atoms with van der Waals surface area (Å²) in [7, 11) is 0. The van der Waals surface area contributed by atoms with Crippen LogP contribution < -0.4 is 61.0 Å². The van der Waals surface area contributed by atoms with E-state index in [0.717, 1.165) is 36.8 Å². The summed E-state index contributed by atoms with van der Waals surface area (Å²) in [6.07, 6.45) is -29.6. The lowest BCUT2D eigenvalue weighted by atomic mass is 9.83. The van der Waals surface area contributed by atoms with E-state index < -0.39 is 245 Å². The van der Waals surface area contributed by atoms with Gasteiger partial charge in [-0.15, -0.1) is 0 Å². The fourth-order valence-electron chi connectivity index (χ4n) is 18.2. The molecule has 4 aromatic carbocycles. The van der Waals surface area contributed by atoms with Gasteiger partial charge in [-0.3, -0.25) is 9.59 Å². The Morgan fingerprint density at radius 2 is 0.978 bits per heavy atom. The number of amides is 4. The van der Waals surface area contributed by atoms with Crippen LogP contribution in [0, 0.1) is 11.8 Å². The molecule has 138 heavy (non-hydrogen) atoms. The number of azide groups is 1. The summed E-state index contributed by atoms with van der Waals surface area (Å²) in [6, 6.07) is 32.1. The largest absolute Gasteiger partial charge is 0.445 e. The molecule has 8 aliphatic rings. The number of ether oxygens (including phenoxy) is 16. The smallest absolute Gasteiger partial charge is 0.407 e. The van der Waals surface area contributed by atoms with Crippen LogP contribution in [-0.2, 0) is 111 Å². The summed E-state index contributed by atoms with van der Waals surface area (Å²) in [5.74, 6) is -2.68. The van der Waals surface area contributed by atoms with Crippen LogP contribution in [0.2, 0.25) is 0 Å². The lowest BCUT2D eigenvalue weighted by Crippen LogP contribution is -2.68. The van der Waals surface area contributed by atoms with E-state index in [2.05, 4.69) is 48.7 Å². The number of carbonyl (C=O) groups is 4. The molecule has 4 amide bonds. The topological polar surface area (TPSA) is 683 Å². The van der Waals surface area contributed by atoms with Crippen LogP contribution in [0.5, 0.6) is 0 Å². The minimum Gasteiger partial charge on any atom is -0.445 e. The second kappa shape index (κ2) is 56.5. The molecule has 12 rings (SSSR count). The van der Waals surface area contributed by atoms with E-state index in [9.17, 15) is 70.2 Å². The Morgan fingerprint density at radius 3 is 1.56 bits per heavy atom. The molecule has 6 aliphatic heterocycles. The SMILES string of the molecule is CCC[C@H](O)C(=O)N[C@@H]1C[C@H](NC(=O)OCc2ccccc2)[C@@H](O[C@H]2O[C@H](CN=[N+]=[N-])CC[C@H]2C)[C@H](O[C@@H]2O[C@H](CO)[C@@H](O[C@H]3O[C@@H](CNC(=O)OCc4ccccc4)[C@@H](O)[C@H](O)[C@H]3C)[C@H]2OCCCCCc2ccccc2)[C@H]1O.NCC[C@H](O)C(=O)N[C@@H]1C[C@H](N)[C@@H](O[C@H]2O[C@H](CN)CC[C@H]2N)[C@H](O[C@@H]2O[C@H](CO)[C@@H](O[C@H]3O[C@@H](CN)[C@@H](O)[C@H](O)[C@H]3N)[C@H]2OCCNCCc2ccccc2)[C@H]1O. The van der Waals surface area contributed by atoms with E-state index in [1.165, 1.54) is 5.56 Å². The lowest BCUT2D eigenvalue weighted by molar-refractivity contribution is -0.302. The third-order valence-corrected chi connectivity index (χ3v) is 26.2. The Hall–Kier alpha value is -7.57. The maximum Gasteiger partial charge on any atom is 0.407 e. The monoisotopic (exact) mass is 1950 g/mol. The number of aryl methyl sites for hydroxylation is 1. The van der Waals surface area contributed by atoms with E-state index in [1.807, 2.05) is 79.7 Å². The fourth-order valence-corrected chi connectivity index (χ4v) is 18.2. The van der Waals surface area contributed by atoms with Gasteiger partial charge in [0.2, 0.25) is 11.8 Å². The number of alkyl carbamates (subject to hydrolysis) is 2. The van der Waals surface area contributed by atoms with Crippen molar-refractivity contribution >= 4 is 24.0 Å². The van der Waals surface area contributed by atoms with Gasteiger partial charge in [-0.05, 0) is 118 Å². The maximum atomic E-state index is 13.8. The molecule has 2 saturated carbocycles. The van der Waals surface area contributed by atoms with E-state index >= 15 is 0 Å². The molecular formula is C94H146N14O30. The van der Waals surface area contributed by atoms with Crippen LogP contribution in [0.3, 0.4) is 0 Å². The van der Waals surface area contributed by atoms with Gasteiger partial charge in [-0.25, -0.2) is 9.59 Å². The Kier molecular flexibility index (Phi) is 45.3. The molecule has 6 heterocycles. The van der Waals surface area contributed by atoms with Crippen molar-refractivity contribution in [2.75, 3.05) is 72.2 Å². The number of rotatable bonds is 47. The van der Waals surface area contributed by atoms with Crippen molar-refractivity contribution in [3.05, 3.63) is 154 Å². The van der Waals surface area contributed by atoms with Gasteiger partial charge in [0, 0.05) is 55.6 Å². The average molecular weight is 1950 g/mol. The van der Waals surface area contributed by atoms with Crippen LogP contribution in [0.4, 0.5) is 9.59 Å². The number of nitrogens with two attached hydrogens (primary N) is 6. The number of carbonyl (C=O) groups excluding carboxylic acids is 4. The van der Waals surface area contributed by atoms with Crippen LogP contribution in [0.1, 0.15) is 120 Å². The van der Waals surface area contributed by atoms with E-state index in [-0.39, 0.29) is 96.9 Å². The van der Waals surface area contributed by atoms with Crippen molar-refractivity contribution in [3.8, 4) is 0 Å². The second-order valence-corrected chi connectivity index (χ2v) is 36.4. The van der Waals surface area contributed by atoms with Gasteiger partial charge in [-0.2, -0.15) is 0 Å². The number of benzene rings is 4. The van der Waals surface area contributed by atoms with Gasteiger partial charge in [0.15, 0.2) is 37.7 Å². The summed E-state index contributed by atoms with van der Waals surface area (Å²) in [6.45, 7) is 5.08. The molecule has 4 aromatic rings. The summed E-state index contributed by atoms with van der Waals surface area (Å²) in [5.41, 5.74) is 49.6. The van der Waals surface area contributed by atoms with E-state index in [0.29, 0.717) is 57.2 Å². The zero-order valence-corrected chi connectivity index (χ0v) is 78.4. The minimum atomic E-state index is -1.63. The predicted molar refractivity (Wildman–Crippen MR) is 493 cm³/mol. The van der Waals surface area contributed by atoms with Crippen LogP contribution in [-0.4, -0.2) is 356 Å². The van der Waals surface area contributed by atoms with Gasteiger partial charge in [0.05, 0.1) is 74.9 Å². The number of hydrogen-bond donors (Lipinski definition) is 21. The van der Waals surface area contributed by atoms with Crippen LogP contribution >= 0.6 is 0 Å². The molecule has 0 radical (unpaired) electrons. The third kappa shape index (κ3) is 31.5. The normalized spacial score (nSPS) is 35.2. The van der Waals surface area contributed by atoms with Crippen molar-refractivity contribution in [2.45, 2.75) is 332 Å². The molecule has 8 fully saturated rings. The zero-order valence-electron chi connectivity index (χ0n) is 78.4. The molecule has 36 atom stereocenters. The number of aliphatic hydroxyl groups excluding tert-OH is 10. The third-order valence-electron chi connectivity index (χ3n) is 26.2. The number of nitrogens with zero attached hydrogens (tertiary/aromatic N) is 3.